The summed E-state index contributed by atoms with van der Waals surface area (Å²) in [5, 5.41) is 3.20. The lowest BCUT2D eigenvalue weighted by Crippen LogP contribution is -2.50. The van der Waals surface area contributed by atoms with Gasteiger partial charge in [-0.3, -0.25) is 4.79 Å². The fourth-order valence-corrected chi connectivity index (χ4v) is 2.86. The molecule has 0 spiro atoms. The molecule has 0 saturated heterocycles. The van der Waals surface area contributed by atoms with Gasteiger partial charge in [0.1, 0.15) is 5.54 Å². The Balaban J connectivity index is 2.64. The van der Waals surface area contributed by atoms with Crippen molar-refractivity contribution in [2.75, 3.05) is 14.2 Å². The highest BCUT2D eigenvalue weighted by Gasteiger charge is 2.39. The quantitative estimate of drug-likeness (QED) is 0.592. The van der Waals surface area contributed by atoms with Crippen LogP contribution in [0.3, 0.4) is 0 Å². The fourth-order valence-electron chi connectivity index (χ4n) is 2.86. The van der Waals surface area contributed by atoms with Crippen LogP contribution in [-0.4, -0.2) is 25.7 Å². The lowest BCUT2D eigenvalue weighted by molar-refractivity contribution is -0.149. The summed E-state index contributed by atoms with van der Waals surface area (Å²) in [4.78, 5) is 11.9. The Labute approximate surface area is 98.9 Å². The highest BCUT2D eigenvalue weighted by atomic mass is 16.5. The van der Waals surface area contributed by atoms with Gasteiger partial charge in [0.05, 0.1) is 7.11 Å². The van der Waals surface area contributed by atoms with Gasteiger partial charge in [0, 0.05) is 0 Å². The first-order valence-corrected chi connectivity index (χ1v) is 6.46. The summed E-state index contributed by atoms with van der Waals surface area (Å²) in [6.45, 7) is 2.23. The Bertz CT molecular complexity index is 230. The summed E-state index contributed by atoms with van der Waals surface area (Å²) in [5.41, 5.74) is -0.419. The van der Waals surface area contributed by atoms with Crippen molar-refractivity contribution in [3.8, 4) is 0 Å². The number of hydrogen-bond acceptors (Lipinski definition) is 3. The highest BCUT2D eigenvalue weighted by molar-refractivity contribution is 5.80. The number of hydrogen-bond donors (Lipinski definition) is 1. The van der Waals surface area contributed by atoms with Crippen LogP contribution >= 0.6 is 0 Å². The number of carbonyl (C=O) groups excluding carboxylic acids is 1. The molecule has 94 valence electrons. The second kappa shape index (κ2) is 6.24. The zero-order valence-corrected chi connectivity index (χ0v) is 10.8. The molecule has 1 rings (SSSR count). The molecule has 1 N–H and O–H groups in total. The Morgan fingerprint density at radius 1 is 1.44 bits per heavy atom. The zero-order chi connectivity index (χ0) is 12.0. The number of ether oxygens (including phenoxy) is 1. The minimum absolute atomic E-state index is 0.0906. The van der Waals surface area contributed by atoms with Gasteiger partial charge in [-0.2, -0.15) is 0 Å². The Morgan fingerprint density at radius 3 is 2.75 bits per heavy atom. The monoisotopic (exact) mass is 227 g/mol. The van der Waals surface area contributed by atoms with Crippen molar-refractivity contribution in [3.05, 3.63) is 0 Å². The third kappa shape index (κ3) is 2.97. The van der Waals surface area contributed by atoms with Crippen LogP contribution in [0.15, 0.2) is 0 Å². The lowest BCUT2D eigenvalue weighted by Gasteiger charge is -2.29. The first-order chi connectivity index (χ1) is 7.68. The van der Waals surface area contributed by atoms with Crippen molar-refractivity contribution >= 4 is 5.97 Å². The van der Waals surface area contributed by atoms with Crippen LogP contribution in [0, 0.1) is 5.92 Å². The molecule has 0 aromatic rings. The van der Waals surface area contributed by atoms with Crippen molar-refractivity contribution in [2.24, 2.45) is 5.92 Å². The Kier molecular flexibility index (Phi) is 5.26. The standard InChI is InChI=1S/C13H25NO2/c1-4-6-11-7-5-9-13(14-2,10-8-11)12(15)16-3/h11,14H,4-10H2,1-3H3. The summed E-state index contributed by atoms with van der Waals surface area (Å²) in [6, 6.07) is 0. The molecule has 0 heterocycles. The van der Waals surface area contributed by atoms with E-state index in [4.69, 9.17) is 4.74 Å². The van der Waals surface area contributed by atoms with E-state index < -0.39 is 5.54 Å². The maximum absolute atomic E-state index is 11.9. The van der Waals surface area contributed by atoms with E-state index in [9.17, 15) is 4.79 Å². The van der Waals surface area contributed by atoms with Crippen LogP contribution in [0.25, 0.3) is 0 Å². The number of carbonyl (C=O) groups is 1. The third-order valence-corrected chi connectivity index (χ3v) is 3.95. The van der Waals surface area contributed by atoms with Gasteiger partial charge < -0.3 is 10.1 Å². The molecule has 3 heteroatoms. The highest BCUT2D eigenvalue weighted by Crippen LogP contribution is 2.33. The second-order valence-electron chi connectivity index (χ2n) is 4.91. The van der Waals surface area contributed by atoms with Gasteiger partial charge in [-0.05, 0) is 32.2 Å². The molecule has 1 fully saturated rings. The van der Waals surface area contributed by atoms with Crippen LogP contribution < -0.4 is 5.32 Å². The van der Waals surface area contributed by atoms with E-state index in [0.29, 0.717) is 0 Å². The molecule has 3 nitrogen and oxygen atoms in total. The fraction of sp³-hybridized carbons (Fsp3) is 0.923. The van der Waals surface area contributed by atoms with Gasteiger partial charge >= 0.3 is 5.97 Å². The van der Waals surface area contributed by atoms with Crippen LogP contribution in [0.4, 0.5) is 0 Å². The van der Waals surface area contributed by atoms with Gasteiger partial charge in [-0.15, -0.1) is 0 Å². The molecule has 0 aromatic heterocycles. The number of rotatable bonds is 4. The summed E-state index contributed by atoms with van der Waals surface area (Å²) < 4.78 is 4.93. The molecule has 0 radical (unpaired) electrons. The van der Waals surface area contributed by atoms with Crippen LogP contribution in [0.5, 0.6) is 0 Å². The smallest absolute Gasteiger partial charge is 0.326 e. The van der Waals surface area contributed by atoms with Crippen molar-refractivity contribution in [1.82, 2.24) is 5.32 Å². The molecule has 0 bridgehead atoms. The van der Waals surface area contributed by atoms with Crippen molar-refractivity contribution in [2.45, 2.75) is 57.4 Å². The normalized spacial score (nSPS) is 30.8. The maximum Gasteiger partial charge on any atom is 0.326 e. The van der Waals surface area contributed by atoms with E-state index in [-0.39, 0.29) is 5.97 Å². The van der Waals surface area contributed by atoms with Gasteiger partial charge in [0.25, 0.3) is 0 Å². The van der Waals surface area contributed by atoms with E-state index in [1.54, 1.807) is 0 Å². The van der Waals surface area contributed by atoms with Crippen LogP contribution in [0.1, 0.15) is 51.9 Å². The average molecular weight is 227 g/mol. The second-order valence-corrected chi connectivity index (χ2v) is 4.91. The summed E-state index contributed by atoms with van der Waals surface area (Å²) in [5.74, 6) is 0.706. The predicted molar refractivity (Wildman–Crippen MR) is 65.3 cm³/mol. The first-order valence-electron chi connectivity index (χ1n) is 6.46. The predicted octanol–water partition coefficient (Wildman–Crippen LogP) is 2.50. The molecule has 2 atom stereocenters. The minimum atomic E-state index is -0.419. The molecule has 16 heavy (non-hydrogen) atoms. The van der Waals surface area contributed by atoms with Gasteiger partial charge in [0.15, 0.2) is 0 Å². The van der Waals surface area contributed by atoms with Gasteiger partial charge in [-0.1, -0.05) is 32.6 Å². The lowest BCUT2D eigenvalue weighted by atomic mass is 9.89. The zero-order valence-electron chi connectivity index (χ0n) is 10.8. The Hall–Kier alpha value is -0.570. The molecule has 2 unspecified atom stereocenters. The number of likely N-dealkylation sites (N-methyl/N-ethyl adjacent to an activating group) is 1. The summed E-state index contributed by atoms with van der Waals surface area (Å²) >= 11 is 0. The van der Waals surface area contributed by atoms with Crippen molar-refractivity contribution < 1.29 is 9.53 Å². The van der Waals surface area contributed by atoms with E-state index in [1.165, 1.54) is 26.4 Å². The number of methoxy groups -OCH3 is 1. The summed E-state index contributed by atoms with van der Waals surface area (Å²) in [7, 11) is 3.35. The van der Waals surface area contributed by atoms with Crippen molar-refractivity contribution in [3.63, 3.8) is 0 Å². The number of esters is 1. The van der Waals surface area contributed by atoms with E-state index in [1.807, 2.05) is 7.05 Å². The van der Waals surface area contributed by atoms with E-state index in [0.717, 1.165) is 31.6 Å². The Morgan fingerprint density at radius 2 is 2.19 bits per heavy atom. The molecular weight excluding hydrogens is 202 g/mol. The SMILES string of the molecule is CCCC1CCCC(NC)(C(=O)OC)CC1. The van der Waals surface area contributed by atoms with Crippen LogP contribution in [0.2, 0.25) is 0 Å². The summed E-state index contributed by atoms with van der Waals surface area (Å²) in [6.07, 6.45) is 7.90. The first kappa shape index (κ1) is 13.5. The molecule has 0 amide bonds. The van der Waals surface area contributed by atoms with E-state index in [2.05, 4.69) is 12.2 Å². The minimum Gasteiger partial charge on any atom is -0.468 e. The maximum atomic E-state index is 11.9. The average Bonchev–Trinajstić information content (AvgIpc) is 2.52. The topological polar surface area (TPSA) is 38.3 Å². The van der Waals surface area contributed by atoms with Gasteiger partial charge in [0.2, 0.25) is 0 Å². The molecule has 1 aliphatic rings. The molecule has 1 aliphatic carbocycles. The molecule has 0 aromatic carbocycles. The molecule has 1 saturated carbocycles. The number of nitrogens with one attached hydrogen (secondary N) is 1. The third-order valence-electron chi connectivity index (χ3n) is 3.95. The van der Waals surface area contributed by atoms with E-state index >= 15 is 0 Å². The largest absolute Gasteiger partial charge is 0.468 e. The van der Waals surface area contributed by atoms with Crippen LogP contribution in [-0.2, 0) is 9.53 Å². The van der Waals surface area contributed by atoms with Crippen molar-refractivity contribution in [1.29, 1.82) is 0 Å². The molecule has 0 aliphatic heterocycles. The molecular formula is C13H25NO2. The van der Waals surface area contributed by atoms with Gasteiger partial charge in [-0.25, -0.2) is 0 Å².